The quantitative estimate of drug-likeness (QED) is 0.653. The van der Waals surface area contributed by atoms with Gasteiger partial charge in [0.05, 0.1) is 7.11 Å². The Hall–Kier alpha value is -2.56. The largest absolute Gasteiger partial charge is 0.497 e. The average Bonchev–Trinajstić information content (AvgIpc) is 2.69. The minimum atomic E-state index is 0.662. The van der Waals surface area contributed by atoms with Gasteiger partial charge in [-0.15, -0.1) is 0 Å². The molecule has 0 saturated heterocycles. The van der Waals surface area contributed by atoms with Crippen molar-refractivity contribution in [2.75, 3.05) is 30.8 Å². The van der Waals surface area contributed by atoms with E-state index in [0.717, 1.165) is 37.5 Å². The van der Waals surface area contributed by atoms with E-state index < -0.39 is 0 Å². The molecule has 0 radical (unpaired) electrons. The minimum absolute atomic E-state index is 0.662. The van der Waals surface area contributed by atoms with Crippen LogP contribution in [0.2, 0.25) is 0 Å². The van der Waals surface area contributed by atoms with Crippen LogP contribution in [-0.2, 0) is 6.42 Å². The van der Waals surface area contributed by atoms with Crippen molar-refractivity contribution < 1.29 is 4.74 Å². The van der Waals surface area contributed by atoms with Crippen LogP contribution in [0.4, 0.5) is 11.8 Å². The zero-order chi connectivity index (χ0) is 18.0. The van der Waals surface area contributed by atoms with Crippen molar-refractivity contribution in [1.29, 1.82) is 0 Å². The van der Waals surface area contributed by atoms with E-state index in [0.29, 0.717) is 5.95 Å². The Bertz CT molecular complexity index is 729. The Morgan fingerprint density at radius 1 is 1.08 bits per heavy atom. The summed E-state index contributed by atoms with van der Waals surface area (Å²) < 4.78 is 5.26. The summed E-state index contributed by atoms with van der Waals surface area (Å²) in [5.74, 6) is 2.42. The molecule has 0 spiro atoms. The molecule has 0 saturated carbocycles. The van der Waals surface area contributed by atoms with Gasteiger partial charge in [0, 0.05) is 19.3 Å². The van der Waals surface area contributed by atoms with E-state index in [4.69, 9.17) is 4.74 Å². The number of aromatic nitrogens is 2. The van der Waals surface area contributed by atoms with Crippen molar-refractivity contribution in [2.45, 2.75) is 38.5 Å². The molecule has 138 valence electrons. The number of hydrogen-bond acceptors (Lipinski definition) is 5. The Balaban J connectivity index is 1.43. The first kappa shape index (κ1) is 18.2. The lowest BCUT2D eigenvalue weighted by Crippen LogP contribution is -2.10. The molecule has 0 amide bonds. The maximum absolute atomic E-state index is 5.26. The van der Waals surface area contributed by atoms with Gasteiger partial charge in [-0.25, -0.2) is 4.98 Å². The number of benzene rings is 1. The normalized spacial score (nSPS) is 13.8. The Labute approximate surface area is 155 Å². The Morgan fingerprint density at radius 3 is 2.85 bits per heavy atom. The van der Waals surface area contributed by atoms with E-state index in [1.54, 1.807) is 18.9 Å². The molecular weight excluding hydrogens is 324 g/mol. The van der Waals surface area contributed by atoms with Gasteiger partial charge in [-0.05, 0) is 62.3 Å². The molecule has 26 heavy (non-hydrogen) atoms. The van der Waals surface area contributed by atoms with Gasteiger partial charge < -0.3 is 15.4 Å². The van der Waals surface area contributed by atoms with E-state index in [-0.39, 0.29) is 0 Å². The topological polar surface area (TPSA) is 59.1 Å². The van der Waals surface area contributed by atoms with Crippen LogP contribution in [0.15, 0.2) is 48.2 Å². The molecule has 1 aliphatic rings. The van der Waals surface area contributed by atoms with Crippen LogP contribution in [0.1, 0.15) is 37.7 Å². The number of ether oxygens (including phenoxy) is 1. The maximum atomic E-state index is 5.26. The molecule has 0 atom stereocenters. The Kier molecular flexibility index (Phi) is 6.88. The summed E-state index contributed by atoms with van der Waals surface area (Å²) in [4.78, 5) is 8.85. The van der Waals surface area contributed by atoms with Gasteiger partial charge >= 0.3 is 0 Å². The zero-order valence-corrected chi connectivity index (χ0v) is 15.5. The SMILES string of the molecule is COc1cccc(CCNc2nccc(NCCC3=CCCCC3)n2)c1. The summed E-state index contributed by atoms with van der Waals surface area (Å²) in [5, 5.41) is 6.70. The number of hydrogen-bond donors (Lipinski definition) is 2. The summed E-state index contributed by atoms with van der Waals surface area (Å²) >= 11 is 0. The third-order valence-electron chi connectivity index (χ3n) is 4.62. The van der Waals surface area contributed by atoms with Crippen LogP contribution < -0.4 is 15.4 Å². The van der Waals surface area contributed by atoms with E-state index >= 15 is 0 Å². The molecule has 5 nitrogen and oxygen atoms in total. The fourth-order valence-electron chi connectivity index (χ4n) is 3.17. The molecule has 1 heterocycles. The van der Waals surface area contributed by atoms with E-state index in [1.807, 2.05) is 18.2 Å². The number of nitrogens with zero attached hydrogens (tertiary/aromatic N) is 2. The summed E-state index contributed by atoms with van der Waals surface area (Å²) in [6.07, 6.45) is 11.4. The van der Waals surface area contributed by atoms with E-state index in [2.05, 4.69) is 38.8 Å². The highest BCUT2D eigenvalue weighted by Gasteiger charge is 2.04. The van der Waals surface area contributed by atoms with Crippen LogP contribution in [0, 0.1) is 0 Å². The Morgan fingerprint density at radius 2 is 2.00 bits per heavy atom. The fraction of sp³-hybridized carbons (Fsp3) is 0.429. The fourth-order valence-corrected chi connectivity index (χ4v) is 3.17. The lowest BCUT2D eigenvalue weighted by molar-refractivity contribution is 0.414. The predicted molar refractivity (Wildman–Crippen MR) is 107 cm³/mol. The summed E-state index contributed by atoms with van der Waals surface area (Å²) in [5.41, 5.74) is 2.81. The highest BCUT2D eigenvalue weighted by Crippen LogP contribution is 2.20. The highest BCUT2D eigenvalue weighted by molar-refractivity contribution is 5.40. The molecule has 2 N–H and O–H groups in total. The molecule has 2 aromatic rings. The lowest BCUT2D eigenvalue weighted by atomic mass is 9.97. The smallest absolute Gasteiger partial charge is 0.224 e. The second-order valence-electron chi connectivity index (χ2n) is 6.58. The van der Waals surface area contributed by atoms with Gasteiger partial charge in [-0.3, -0.25) is 0 Å². The standard InChI is InChI=1S/C21H28N4O/c1-26-19-9-5-8-18(16-19)11-14-23-21-24-15-12-20(25-21)22-13-10-17-6-3-2-4-7-17/h5-6,8-9,12,15-16H,2-4,7,10-11,13-14H2,1H3,(H2,22,23,24,25). The number of methoxy groups -OCH3 is 1. The van der Waals surface area contributed by atoms with Gasteiger partial charge in [0.2, 0.25) is 5.95 Å². The number of nitrogens with one attached hydrogen (secondary N) is 2. The van der Waals surface area contributed by atoms with Gasteiger partial charge in [-0.2, -0.15) is 4.98 Å². The second-order valence-corrected chi connectivity index (χ2v) is 6.58. The zero-order valence-electron chi connectivity index (χ0n) is 15.5. The third kappa shape index (κ3) is 5.76. The molecule has 0 aliphatic heterocycles. The lowest BCUT2D eigenvalue weighted by Gasteiger charge is -2.13. The van der Waals surface area contributed by atoms with Crippen LogP contribution in [0.3, 0.4) is 0 Å². The number of allylic oxidation sites excluding steroid dienone is 1. The van der Waals surface area contributed by atoms with Gasteiger partial charge in [-0.1, -0.05) is 23.8 Å². The number of rotatable bonds is 9. The van der Waals surface area contributed by atoms with E-state index in [9.17, 15) is 0 Å². The first-order chi connectivity index (χ1) is 12.8. The van der Waals surface area contributed by atoms with Crippen molar-refractivity contribution >= 4 is 11.8 Å². The van der Waals surface area contributed by atoms with Crippen LogP contribution >= 0.6 is 0 Å². The molecule has 1 aromatic carbocycles. The van der Waals surface area contributed by atoms with Gasteiger partial charge in [0.15, 0.2) is 0 Å². The number of anilines is 2. The maximum Gasteiger partial charge on any atom is 0.224 e. The van der Waals surface area contributed by atoms with Crippen molar-refractivity contribution in [1.82, 2.24) is 9.97 Å². The predicted octanol–water partition coefficient (Wildman–Crippen LogP) is 4.44. The van der Waals surface area contributed by atoms with Crippen molar-refractivity contribution in [3.63, 3.8) is 0 Å². The average molecular weight is 352 g/mol. The monoisotopic (exact) mass is 352 g/mol. The van der Waals surface area contributed by atoms with Gasteiger partial charge in [0.1, 0.15) is 11.6 Å². The van der Waals surface area contributed by atoms with Gasteiger partial charge in [0.25, 0.3) is 0 Å². The van der Waals surface area contributed by atoms with Crippen molar-refractivity contribution in [2.24, 2.45) is 0 Å². The highest BCUT2D eigenvalue weighted by atomic mass is 16.5. The summed E-state index contributed by atoms with van der Waals surface area (Å²) in [6, 6.07) is 10.0. The molecule has 1 aliphatic carbocycles. The first-order valence-electron chi connectivity index (χ1n) is 9.45. The van der Waals surface area contributed by atoms with Crippen molar-refractivity contribution in [3.05, 3.63) is 53.7 Å². The molecule has 0 unspecified atom stereocenters. The molecule has 0 fully saturated rings. The first-order valence-corrected chi connectivity index (χ1v) is 9.45. The third-order valence-corrected chi connectivity index (χ3v) is 4.62. The molecule has 5 heteroatoms. The summed E-state index contributed by atoms with van der Waals surface area (Å²) in [6.45, 7) is 1.70. The van der Waals surface area contributed by atoms with Crippen LogP contribution in [0.5, 0.6) is 5.75 Å². The minimum Gasteiger partial charge on any atom is -0.497 e. The second kappa shape index (κ2) is 9.80. The molecular formula is C21H28N4O. The van der Waals surface area contributed by atoms with Crippen molar-refractivity contribution in [3.8, 4) is 5.75 Å². The van der Waals surface area contributed by atoms with Crippen LogP contribution in [-0.4, -0.2) is 30.2 Å². The van der Waals surface area contributed by atoms with E-state index in [1.165, 1.54) is 31.2 Å². The molecule has 0 bridgehead atoms. The molecule has 1 aromatic heterocycles. The summed E-state index contributed by atoms with van der Waals surface area (Å²) in [7, 11) is 1.69. The molecule has 3 rings (SSSR count). The van der Waals surface area contributed by atoms with Crippen LogP contribution in [0.25, 0.3) is 0 Å².